The van der Waals surface area contributed by atoms with Crippen molar-refractivity contribution >= 4 is 8.56 Å². The van der Waals surface area contributed by atoms with E-state index in [2.05, 4.69) is 6.92 Å². The zero-order chi connectivity index (χ0) is 10.6. The summed E-state index contributed by atoms with van der Waals surface area (Å²) in [5.74, 6) is 0. The van der Waals surface area contributed by atoms with Gasteiger partial charge >= 0.3 is 8.56 Å². The summed E-state index contributed by atoms with van der Waals surface area (Å²) in [7, 11) is 1.40. The molecule has 1 aliphatic rings. The molecule has 1 heterocycles. The molecule has 1 saturated heterocycles. The highest BCUT2D eigenvalue weighted by atomic mass is 28.4. The van der Waals surface area contributed by atoms with E-state index >= 15 is 0 Å². The van der Waals surface area contributed by atoms with Crippen LogP contribution in [-0.4, -0.2) is 41.8 Å². The number of ether oxygens (including phenoxy) is 2. The minimum Gasteiger partial charge on any atom is -0.398 e. The fourth-order valence-corrected chi connectivity index (χ4v) is 2.79. The third kappa shape index (κ3) is 3.32. The van der Waals surface area contributed by atoms with Crippen molar-refractivity contribution in [3.8, 4) is 0 Å². The minimum absolute atomic E-state index is 0.0212. The summed E-state index contributed by atoms with van der Waals surface area (Å²) in [6.45, 7) is 4.88. The molecular weight excluding hydrogens is 200 g/mol. The van der Waals surface area contributed by atoms with Crippen LogP contribution in [0.3, 0.4) is 0 Å². The maximum Gasteiger partial charge on any atom is 0.337 e. The molecule has 1 aliphatic heterocycles. The van der Waals surface area contributed by atoms with E-state index in [0.29, 0.717) is 0 Å². The summed E-state index contributed by atoms with van der Waals surface area (Å²) in [5, 5.41) is 0. The minimum atomic E-state index is -1.98. The maximum absolute atomic E-state index is 5.44. The highest BCUT2D eigenvalue weighted by Crippen LogP contribution is 2.31. The summed E-state index contributed by atoms with van der Waals surface area (Å²) < 4.78 is 21.6. The monoisotopic (exact) mass is 220 g/mol. The molecule has 0 aromatic carbocycles. The van der Waals surface area contributed by atoms with Crippen LogP contribution in [0, 0.1) is 0 Å². The van der Waals surface area contributed by atoms with Crippen molar-refractivity contribution in [3.05, 3.63) is 0 Å². The van der Waals surface area contributed by atoms with Gasteiger partial charge in [-0.2, -0.15) is 0 Å². The molecule has 5 heteroatoms. The van der Waals surface area contributed by atoms with Gasteiger partial charge in [0, 0.05) is 26.9 Å². The summed E-state index contributed by atoms with van der Waals surface area (Å²) in [6.07, 6.45) is 1.18. The molecule has 0 saturated carbocycles. The van der Waals surface area contributed by atoms with Crippen LogP contribution in [0.25, 0.3) is 0 Å². The lowest BCUT2D eigenvalue weighted by atomic mass is 10.5. The first-order chi connectivity index (χ1) is 6.65. The molecule has 14 heavy (non-hydrogen) atoms. The SMILES string of the molecule is CCCOC1OC1C[Si](C)(OC)OC. The Hall–Kier alpha value is 0.0569. The second kappa shape index (κ2) is 5.23. The summed E-state index contributed by atoms with van der Waals surface area (Å²) >= 11 is 0. The quantitative estimate of drug-likeness (QED) is 0.481. The first-order valence-electron chi connectivity index (χ1n) is 5.02. The molecule has 0 N–H and O–H groups in total. The molecule has 84 valence electrons. The van der Waals surface area contributed by atoms with Gasteiger partial charge < -0.3 is 18.3 Å². The van der Waals surface area contributed by atoms with Crippen LogP contribution >= 0.6 is 0 Å². The van der Waals surface area contributed by atoms with Crippen LogP contribution in [0.1, 0.15) is 13.3 Å². The van der Waals surface area contributed by atoms with Crippen molar-refractivity contribution in [3.63, 3.8) is 0 Å². The Morgan fingerprint density at radius 1 is 1.29 bits per heavy atom. The average Bonchev–Trinajstić information content (AvgIpc) is 2.93. The zero-order valence-corrected chi connectivity index (χ0v) is 10.4. The summed E-state index contributed by atoms with van der Waals surface area (Å²) in [6, 6.07) is 0.842. The van der Waals surface area contributed by atoms with Crippen molar-refractivity contribution in [1.29, 1.82) is 0 Å². The third-order valence-electron chi connectivity index (χ3n) is 2.46. The predicted octanol–water partition coefficient (Wildman–Crippen LogP) is 1.50. The van der Waals surface area contributed by atoms with Gasteiger partial charge in [0.1, 0.15) is 6.10 Å². The summed E-state index contributed by atoms with van der Waals surface area (Å²) in [5.41, 5.74) is 0. The second-order valence-corrected chi connectivity index (χ2v) is 7.15. The zero-order valence-electron chi connectivity index (χ0n) is 9.41. The van der Waals surface area contributed by atoms with Crippen molar-refractivity contribution < 1.29 is 18.3 Å². The fraction of sp³-hybridized carbons (Fsp3) is 1.00. The highest BCUT2D eigenvalue weighted by molar-refractivity contribution is 6.66. The van der Waals surface area contributed by atoms with Crippen LogP contribution < -0.4 is 0 Å². The molecule has 0 aromatic rings. The van der Waals surface area contributed by atoms with Crippen LogP contribution in [0.2, 0.25) is 12.6 Å². The first kappa shape index (κ1) is 12.1. The summed E-state index contributed by atoms with van der Waals surface area (Å²) in [4.78, 5) is 0. The second-order valence-electron chi connectivity index (χ2n) is 3.66. The molecule has 0 spiro atoms. The number of hydrogen-bond acceptors (Lipinski definition) is 4. The Kier molecular flexibility index (Phi) is 4.53. The van der Waals surface area contributed by atoms with E-state index in [1.165, 1.54) is 0 Å². The van der Waals surface area contributed by atoms with Crippen LogP contribution in [-0.2, 0) is 18.3 Å². The molecule has 4 nitrogen and oxygen atoms in total. The third-order valence-corrected chi connectivity index (χ3v) is 5.33. The van der Waals surface area contributed by atoms with Gasteiger partial charge in [-0.25, -0.2) is 0 Å². The lowest BCUT2D eigenvalue weighted by molar-refractivity contribution is 0.0507. The van der Waals surface area contributed by atoms with Crippen molar-refractivity contribution in [2.75, 3.05) is 20.8 Å². The van der Waals surface area contributed by atoms with Gasteiger partial charge in [-0.3, -0.25) is 0 Å². The van der Waals surface area contributed by atoms with Gasteiger partial charge in [0.15, 0.2) is 6.29 Å². The topological polar surface area (TPSA) is 40.2 Å². The number of epoxide rings is 1. The largest absolute Gasteiger partial charge is 0.398 e. The van der Waals surface area contributed by atoms with E-state index in [9.17, 15) is 0 Å². The first-order valence-corrected chi connectivity index (χ1v) is 7.55. The van der Waals surface area contributed by atoms with E-state index < -0.39 is 8.56 Å². The lowest BCUT2D eigenvalue weighted by Crippen LogP contribution is -2.37. The van der Waals surface area contributed by atoms with E-state index in [4.69, 9.17) is 18.3 Å². The average molecular weight is 220 g/mol. The van der Waals surface area contributed by atoms with Gasteiger partial charge in [-0.1, -0.05) is 6.92 Å². The van der Waals surface area contributed by atoms with Gasteiger partial charge in [0.25, 0.3) is 0 Å². The highest BCUT2D eigenvalue weighted by Gasteiger charge is 2.47. The molecular formula is C9H20O4Si. The Labute approximate surface area is 86.7 Å². The fourth-order valence-electron chi connectivity index (χ4n) is 1.27. The van der Waals surface area contributed by atoms with E-state index in [-0.39, 0.29) is 12.4 Å². The smallest absolute Gasteiger partial charge is 0.337 e. The van der Waals surface area contributed by atoms with Crippen LogP contribution in [0.4, 0.5) is 0 Å². The van der Waals surface area contributed by atoms with Gasteiger partial charge in [0.2, 0.25) is 0 Å². The van der Waals surface area contributed by atoms with Crippen LogP contribution in [0.15, 0.2) is 0 Å². The lowest BCUT2D eigenvalue weighted by Gasteiger charge is -2.21. The van der Waals surface area contributed by atoms with Crippen molar-refractivity contribution in [1.82, 2.24) is 0 Å². The molecule has 0 aromatic heterocycles. The van der Waals surface area contributed by atoms with Crippen LogP contribution in [0.5, 0.6) is 0 Å². The molecule has 0 radical (unpaired) electrons. The Balaban J connectivity index is 2.20. The Bertz CT molecular complexity index is 172. The van der Waals surface area contributed by atoms with E-state index in [1.54, 1.807) is 14.2 Å². The van der Waals surface area contributed by atoms with E-state index in [1.807, 2.05) is 6.55 Å². The standard InChI is InChI=1S/C9H20O4Si/c1-5-6-12-9-8(13-9)7-14(4,10-2)11-3/h8-9H,5-7H2,1-4H3. The molecule has 0 bridgehead atoms. The van der Waals surface area contributed by atoms with Gasteiger partial charge in [-0.05, 0) is 13.0 Å². The molecule has 0 aliphatic carbocycles. The van der Waals surface area contributed by atoms with Gasteiger partial charge in [-0.15, -0.1) is 0 Å². The normalized spacial score (nSPS) is 26.6. The predicted molar refractivity (Wildman–Crippen MR) is 55.3 cm³/mol. The molecule has 2 unspecified atom stereocenters. The Morgan fingerprint density at radius 3 is 2.43 bits per heavy atom. The number of hydrogen-bond donors (Lipinski definition) is 0. The van der Waals surface area contributed by atoms with E-state index in [0.717, 1.165) is 19.1 Å². The molecule has 1 rings (SSSR count). The van der Waals surface area contributed by atoms with Crippen molar-refractivity contribution in [2.45, 2.75) is 38.3 Å². The number of rotatable bonds is 7. The Morgan fingerprint density at radius 2 is 1.93 bits per heavy atom. The maximum atomic E-state index is 5.44. The van der Waals surface area contributed by atoms with Gasteiger partial charge in [0.05, 0.1) is 0 Å². The molecule has 2 atom stereocenters. The molecule has 1 fully saturated rings. The van der Waals surface area contributed by atoms with Crippen molar-refractivity contribution in [2.24, 2.45) is 0 Å². The molecule has 0 amide bonds.